The molecule has 0 radical (unpaired) electrons. The van der Waals surface area contributed by atoms with Crippen LogP contribution in [-0.2, 0) is 6.54 Å². The maximum Gasteiger partial charge on any atom is 0.194 e. The van der Waals surface area contributed by atoms with Crippen molar-refractivity contribution in [1.29, 1.82) is 0 Å². The topological polar surface area (TPSA) is 47.0 Å². The molecule has 2 fully saturated rings. The van der Waals surface area contributed by atoms with Crippen LogP contribution < -0.4 is 10.2 Å². The van der Waals surface area contributed by atoms with E-state index in [1.807, 2.05) is 6.20 Å². The summed E-state index contributed by atoms with van der Waals surface area (Å²) in [4.78, 5) is 16.6. The Morgan fingerprint density at radius 3 is 2.48 bits per heavy atom. The van der Waals surface area contributed by atoms with E-state index in [9.17, 15) is 0 Å². The lowest BCUT2D eigenvalue weighted by molar-refractivity contribution is 0.312. The van der Waals surface area contributed by atoms with E-state index in [1.54, 1.807) is 0 Å². The summed E-state index contributed by atoms with van der Waals surface area (Å²) in [7, 11) is 2.18. The summed E-state index contributed by atoms with van der Waals surface area (Å²) in [6.07, 6.45) is 3.20. The number of hydrogen-bond donors (Lipinski definition) is 1. The average Bonchev–Trinajstić information content (AvgIpc) is 2.99. The zero-order valence-electron chi connectivity index (χ0n) is 17.2. The van der Waals surface area contributed by atoms with Crippen molar-refractivity contribution in [2.45, 2.75) is 33.7 Å². The highest BCUT2D eigenvalue weighted by Gasteiger charge is 2.30. The molecule has 152 valence electrons. The van der Waals surface area contributed by atoms with Crippen molar-refractivity contribution in [3.8, 4) is 0 Å². The average molecular weight is 486 g/mol. The summed E-state index contributed by atoms with van der Waals surface area (Å²) in [6.45, 7) is 14.8. The Hall–Kier alpha value is -1.09. The first kappa shape index (κ1) is 22.2. The predicted octanol–water partition coefficient (Wildman–Crippen LogP) is 2.65. The lowest BCUT2D eigenvalue weighted by atomic mass is 9.93. The van der Waals surface area contributed by atoms with E-state index in [0.29, 0.717) is 12.0 Å². The molecule has 1 aromatic heterocycles. The molecule has 0 spiro atoms. The highest BCUT2D eigenvalue weighted by molar-refractivity contribution is 14.0. The van der Waals surface area contributed by atoms with Crippen molar-refractivity contribution in [2.75, 3.05) is 57.8 Å². The van der Waals surface area contributed by atoms with Gasteiger partial charge in [-0.1, -0.05) is 19.9 Å². The summed E-state index contributed by atoms with van der Waals surface area (Å²) in [5.74, 6) is 2.11. The van der Waals surface area contributed by atoms with E-state index >= 15 is 0 Å². The standard InChI is InChI=1S/C20H34N6.HI/c1-5-21-19(26-9-8-20(2,3)16-26)23-15-17-6-7-18(22-14-17)25-12-10-24(4)11-13-25;/h6-7,14H,5,8-13,15-16H2,1-4H3,(H,21,23);1H. The number of pyridine rings is 1. The molecular weight excluding hydrogens is 451 g/mol. The fourth-order valence-corrected chi connectivity index (χ4v) is 3.62. The van der Waals surface area contributed by atoms with E-state index < -0.39 is 0 Å². The second kappa shape index (κ2) is 9.91. The molecule has 0 bridgehead atoms. The quantitative estimate of drug-likeness (QED) is 0.403. The molecule has 0 aliphatic carbocycles. The Morgan fingerprint density at radius 1 is 1.19 bits per heavy atom. The van der Waals surface area contributed by atoms with Crippen molar-refractivity contribution in [3.05, 3.63) is 23.9 Å². The second-order valence-corrected chi connectivity index (χ2v) is 8.32. The van der Waals surface area contributed by atoms with Gasteiger partial charge in [-0.3, -0.25) is 0 Å². The highest BCUT2D eigenvalue weighted by atomic mass is 127. The number of nitrogens with zero attached hydrogens (tertiary/aromatic N) is 5. The van der Waals surface area contributed by atoms with Crippen molar-refractivity contribution < 1.29 is 0 Å². The third kappa shape index (κ3) is 6.20. The van der Waals surface area contributed by atoms with Gasteiger partial charge in [-0.25, -0.2) is 9.98 Å². The number of rotatable bonds is 4. The van der Waals surface area contributed by atoms with E-state index in [0.717, 1.165) is 63.2 Å². The Balaban J connectivity index is 0.00000261. The minimum Gasteiger partial charge on any atom is -0.357 e. The summed E-state index contributed by atoms with van der Waals surface area (Å²) in [5, 5.41) is 3.44. The predicted molar refractivity (Wildman–Crippen MR) is 124 cm³/mol. The molecule has 3 rings (SSSR count). The zero-order valence-corrected chi connectivity index (χ0v) is 19.6. The molecule has 3 heterocycles. The van der Waals surface area contributed by atoms with E-state index in [4.69, 9.17) is 4.99 Å². The van der Waals surface area contributed by atoms with E-state index in [1.165, 1.54) is 6.42 Å². The lowest BCUT2D eigenvalue weighted by Gasteiger charge is -2.33. The van der Waals surface area contributed by atoms with Crippen LogP contribution in [0.3, 0.4) is 0 Å². The van der Waals surface area contributed by atoms with E-state index in [2.05, 4.69) is 65.0 Å². The van der Waals surface area contributed by atoms with Crippen LogP contribution in [-0.4, -0.2) is 73.6 Å². The summed E-state index contributed by atoms with van der Waals surface area (Å²) in [5.41, 5.74) is 1.54. The van der Waals surface area contributed by atoms with Crippen LogP contribution in [0.15, 0.2) is 23.3 Å². The number of guanidine groups is 1. The van der Waals surface area contributed by atoms with Crippen molar-refractivity contribution in [3.63, 3.8) is 0 Å². The SMILES string of the molecule is CCNC(=NCc1ccc(N2CCN(C)CC2)nc1)N1CCC(C)(C)C1.I. The molecule has 7 heteroatoms. The number of anilines is 1. The van der Waals surface area contributed by atoms with Crippen LogP contribution in [0.4, 0.5) is 5.82 Å². The number of likely N-dealkylation sites (tertiary alicyclic amines) is 1. The van der Waals surface area contributed by atoms with Crippen LogP contribution in [0.1, 0.15) is 32.8 Å². The van der Waals surface area contributed by atoms with Gasteiger partial charge in [0, 0.05) is 52.0 Å². The Labute approximate surface area is 181 Å². The molecule has 2 saturated heterocycles. The van der Waals surface area contributed by atoms with Gasteiger partial charge in [0.15, 0.2) is 5.96 Å². The third-order valence-corrected chi connectivity index (χ3v) is 5.36. The molecule has 0 saturated carbocycles. The van der Waals surface area contributed by atoms with Gasteiger partial charge >= 0.3 is 0 Å². The van der Waals surface area contributed by atoms with Gasteiger partial charge in [0.1, 0.15) is 5.82 Å². The highest BCUT2D eigenvalue weighted by Crippen LogP contribution is 2.28. The molecule has 0 aromatic carbocycles. The summed E-state index contributed by atoms with van der Waals surface area (Å²) < 4.78 is 0. The molecule has 1 aromatic rings. The Morgan fingerprint density at radius 2 is 1.93 bits per heavy atom. The number of aromatic nitrogens is 1. The smallest absolute Gasteiger partial charge is 0.194 e. The molecule has 2 aliphatic rings. The molecule has 0 atom stereocenters. The van der Waals surface area contributed by atoms with Gasteiger partial charge in [-0.05, 0) is 37.4 Å². The van der Waals surface area contributed by atoms with Gasteiger partial charge in [0.05, 0.1) is 6.54 Å². The minimum atomic E-state index is 0. The summed E-state index contributed by atoms with van der Waals surface area (Å²) in [6, 6.07) is 4.31. The first-order valence-corrected chi connectivity index (χ1v) is 9.88. The van der Waals surface area contributed by atoms with Crippen LogP contribution >= 0.6 is 24.0 Å². The molecular formula is C20H35IN6. The largest absolute Gasteiger partial charge is 0.357 e. The Kier molecular flexibility index (Phi) is 8.15. The van der Waals surface area contributed by atoms with Crippen molar-refractivity contribution in [2.24, 2.45) is 10.4 Å². The number of hydrogen-bond acceptors (Lipinski definition) is 4. The van der Waals surface area contributed by atoms with Crippen molar-refractivity contribution >= 4 is 35.8 Å². The molecule has 1 N–H and O–H groups in total. The number of piperazine rings is 1. The zero-order chi connectivity index (χ0) is 18.6. The van der Waals surface area contributed by atoms with Crippen LogP contribution in [0, 0.1) is 5.41 Å². The molecule has 0 amide bonds. The Bertz CT molecular complexity index is 607. The fourth-order valence-electron chi connectivity index (χ4n) is 3.62. The lowest BCUT2D eigenvalue weighted by Crippen LogP contribution is -2.44. The van der Waals surface area contributed by atoms with Gasteiger partial charge in [0.25, 0.3) is 0 Å². The van der Waals surface area contributed by atoms with Gasteiger partial charge in [0.2, 0.25) is 0 Å². The molecule has 0 unspecified atom stereocenters. The normalized spacial score (nSPS) is 20.5. The molecule has 2 aliphatic heterocycles. The number of likely N-dealkylation sites (N-methyl/N-ethyl adjacent to an activating group) is 1. The van der Waals surface area contributed by atoms with E-state index in [-0.39, 0.29) is 24.0 Å². The van der Waals surface area contributed by atoms with Crippen LogP contribution in [0.25, 0.3) is 0 Å². The fraction of sp³-hybridized carbons (Fsp3) is 0.700. The second-order valence-electron chi connectivity index (χ2n) is 8.32. The minimum absolute atomic E-state index is 0. The van der Waals surface area contributed by atoms with Crippen LogP contribution in [0.2, 0.25) is 0 Å². The van der Waals surface area contributed by atoms with Gasteiger partial charge < -0.3 is 20.0 Å². The van der Waals surface area contributed by atoms with Crippen LogP contribution in [0.5, 0.6) is 0 Å². The molecule has 6 nitrogen and oxygen atoms in total. The first-order valence-electron chi connectivity index (χ1n) is 9.88. The first-order chi connectivity index (χ1) is 12.5. The van der Waals surface area contributed by atoms with Crippen molar-refractivity contribution in [1.82, 2.24) is 20.1 Å². The third-order valence-electron chi connectivity index (χ3n) is 5.36. The van der Waals surface area contributed by atoms with Gasteiger partial charge in [-0.15, -0.1) is 24.0 Å². The van der Waals surface area contributed by atoms with Gasteiger partial charge in [-0.2, -0.15) is 0 Å². The number of nitrogens with one attached hydrogen (secondary N) is 1. The maximum absolute atomic E-state index is 4.85. The number of aliphatic imine (C=N–C) groups is 1. The number of halogens is 1. The summed E-state index contributed by atoms with van der Waals surface area (Å²) >= 11 is 0. The maximum atomic E-state index is 4.85. The molecule has 27 heavy (non-hydrogen) atoms. The monoisotopic (exact) mass is 486 g/mol.